The Kier molecular flexibility index (Phi) is 5.29. The van der Waals surface area contributed by atoms with Crippen LogP contribution in [-0.4, -0.2) is 16.0 Å². The SMILES string of the molecule is Cc1cc(Oc2ccccc2)ccc1NC(=O)/C=C/c1cncc(O)c1. The average Bonchev–Trinajstić information content (AvgIpc) is 2.63. The molecule has 5 heteroatoms. The Morgan fingerprint density at radius 3 is 2.62 bits per heavy atom. The Morgan fingerprint density at radius 1 is 1.08 bits per heavy atom. The van der Waals surface area contributed by atoms with Gasteiger partial charge in [-0.25, -0.2) is 0 Å². The maximum absolute atomic E-state index is 12.1. The van der Waals surface area contributed by atoms with E-state index in [4.69, 9.17) is 4.74 Å². The number of nitrogens with zero attached hydrogens (tertiary/aromatic N) is 1. The standard InChI is InChI=1S/C21H18N2O3/c1-15-11-19(26-18-5-3-2-4-6-18)8-9-20(15)23-21(25)10-7-16-12-17(24)14-22-13-16/h2-14,24H,1H3,(H,23,25)/b10-7+. The summed E-state index contributed by atoms with van der Waals surface area (Å²) in [6, 6.07) is 16.5. The highest BCUT2D eigenvalue weighted by molar-refractivity contribution is 6.02. The van der Waals surface area contributed by atoms with Crippen LogP contribution in [0.3, 0.4) is 0 Å². The number of ether oxygens (including phenoxy) is 1. The molecule has 0 bridgehead atoms. The van der Waals surface area contributed by atoms with Gasteiger partial charge in [0.05, 0.1) is 6.20 Å². The number of benzene rings is 2. The fraction of sp³-hybridized carbons (Fsp3) is 0.0476. The van der Waals surface area contributed by atoms with Gasteiger partial charge < -0.3 is 15.2 Å². The second-order valence-electron chi connectivity index (χ2n) is 5.69. The predicted molar refractivity (Wildman–Crippen MR) is 101 cm³/mol. The number of aromatic hydroxyl groups is 1. The molecule has 0 atom stereocenters. The topological polar surface area (TPSA) is 71.5 Å². The number of amides is 1. The molecule has 2 N–H and O–H groups in total. The number of hydrogen-bond acceptors (Lipinski definition) is 4. The number of para-hydroxylation sites is 1. The van der Waals surface area contributed by atoms with Crippen molar-refractivity contribution in [1.29, 1.82) is 0 Å². The van der Waals surface area contributed by atoms with Gasteiger partial charge in [-0.2, -0.15) is 0 Å². The van der Waals surface area contributed by atoms with Gasteiger partial charge in [0.25, 0.3) is 0 Å². The van der Waals surface area contributed by atoms with Crippen molar-refractivity contribution in [2.45, 2.75) is 6.92 Å². The summed E-state index contributed by atoms with van der Waals surface area (Å²) in [5.74, 6) is 1.24. The molecule has 26 heavy (non-hydrogen) atoms. The number of aromatic nitrogens is 1. The first-order chi connectivity index (χ1) is 12.6. The van der Waals surface area contributed by atoms with Crippen LogP contribution in [0.4, 0.5) is 5.69 Å². The fourth-order valence-corrected chi connectivity index (χ4v) is 2.35. The Balaban J connectivity index is 1.65. The summed E-state index contributed by atoms with van der Waals surface area (Å²) in [6.45, 7) is 1.90. The van der Waals surface area contributed by atoms with E-state index in [-0.39, 0.29) is 11.7 Å². The third-order valence-corrected chi connectivity index (χ3v) is 3.61. The molecule has 0 aliphatic rings. The monoisotopic (exact) mass is 346 g/mol. The first-order valence-corrected chi connectivity index (χ1v) is 8.07. The molecule has 130 valence electrons. The summed E-state index contributed by atoms with van der Waals surface area (Å²) in [5, 5.41) is 12.2. The first kappa shape index (κ1) is 17.2. The molecule has 0 radical (unpaired) electrons. The third kappa shape index (κ3) is 4.70. The number of anilines is 1. The van der Waals surface area contributed by atoms with E-state index in [0.29, 0.717) is 17.0 Å². The Morgan fingerprint density at radius 2 is 1.88 bits per heavy atom. The molecule has 0 saturated heterocycles. The molecule has 3 rings (SSSR count). The van der Waals surface area contributed by atoms with Crippen molar-refractivity contribution in [3.05, 3.63) is 84.2 Å². The van der Waals surface area contributed by atoms with Crippen molar-refractivity contribution in [1.82, 2.24) is 4.98 Å². The van der Waals surface area contributed by atoms with E-state index >= 15 is 0 Å². The predicted octanol–water partition coefficient (Wildman–Crippen LogP) is 4.54. The molecule has 0 aliphatic heterocycles. The van der Waals surface area contributed by atoms with Crippen molar-refractivity contribution < 1.29 is 14.6 Å². The Labute approximate surface area is 151 Å². The van der Waals surface area contributed by atoms with Crippen LogP contribution < -0.4 is 10.1 Å². The van der Waals surface area contributed by atoms with Crippen LogP contribution in [0.25, 0.3) is 6.08 Å². The molecule has 1 heterocycles. The normalized spacial score (nSPS) is 10.7. The van der Waals surface area contributed by atoms with Gasteiger partial charge in [0.1, 0.15) is 17.2 Å². The minimum atomic E-state index is -0.270. The quantitative estimate of drug-likeness (QED) is 0.665. The minimum absolute atomic E-state index is 0.0532. The van der Waals surface area contributed by atoms with Crippen molar-refractivity contribution in [3.63, 3.8) is 0 Å². The first-order valence-electron chi connectivity index (χ1n) is 8.07. The maximum atomic E-state index is 12.1. The lowest BCUT2D eigenvalue weighted by molar-refractivity contribution is -0.111. The van der Waals surface area contributed by atoms with E-state index < -0.39 is 0 Å². The van der Waals surface area contributed by atoms with Gasteiger partial charge in [-0.05, 0) is 60.5 Å². The second-order valence-corrected chi connectivity index (χ2v) is 5.69. The molecule has 3 aromatic rings. The van der Waals surface area contributed by atoms with Crippen LogP contribution in [0.5, 0.6) is 17.2 Å². The lowest BCUT2D eigenvalue weighted by Crippen LogP contribution is -2.08. The highest BCUT2D eigenvalue weighted by atomic mass is 16.5. The van der Waals surface area contributed by atoms with Gasteiger partial charge in [-0.15, -0.1) is 0 Å². The summed E-state index contributed by atoms with van der Waals surface area (Å²) in [6.07, 6.45) is 5.87. The number of rotatable bonds is 5. The van der Waals surface area contributed by atoms with Gasteiger partial charge in [0.15, 0.2) is 0 Å². The van der Waals surface area contributed by atoms with Crippen LogP contribution in [0.1, 0.15) is 11.1 Å². The van der Waals surface area contributed by atoms with E-state index in [1.807, 2.05) is 43.3 Å². The number of aryl methyl sites for hydroxylation is 1. The molecule has 0 fully saturated rings. The van der Waals surface area contributed by atoms with E-state index in [2.05, 4.69) is 10.3 Å². The zero-order chi connectivity index (χ0) is 18.4. The summed E-state index contributed by atoms with van der Waals surface area (Å²) < 4.78 is 5.78. The van der Waals surface area contributed by atoms with Crippen molar-refractivity contribution in [2.75, 3.05) is 5.32 Å². The maximum Gasteiger partial charge on any atom is 0.248 e. The van der Waals surface area contributed by atoms with Gasteiger partial charge >= 0.3 is 0 Å². The summed E-state index contributed by atoms with van der Waals surface area (Å²) >= 11 is 0. The Hall–Kier alpha value is -3.60. The largest absolute Gasteiger partial charge is 0.506 e. The lowest BCUT2D eigenvalue weighted by Gasteiger charge is -2.10. The van der Waals surface area contributed by atoms with Gasteiger partial charge in [-0.1, -0.05) is 18.2 Å². The second kappa shape index (κ2) is 7.98. The smallest absolute Gasteiger partial charge is 0.248 e. The van der Waals surface area contributed by atoms with E-state index in [0.717, 1.165) is 11.3 Å². The van der Waals surface area contributed by atoms with Crippen LogP contribution in [0.2, 0.25) is 0 Å². The van der Waals surface area contributed by atoms with E-state index in [1.165, 1.54) is 18.3 Å². The van der Waals surface area contributed by atoms with Gasteiger partial charge in [0.2, 0.25) is 5.91 Å². The number of carbonyl (C=O) groups excluding carboxylic acids is 1. The molecule has 2 aromatic carbocycles. The highest BCUT2D eigenvalue weighted by Crippen LogP contribution is 2.26. The number of hydrogen-bond donors (Lipinski definition) is 2. The molecular formula is C21H18N2O3. The fourth-order valence-electron chi connectivity index (χ4n) is 2.35. The van der Waals surface area contributed by atoms with Gasteiger partial charge in [-0.3, -0.25) is 9.78 Å². The van der Waals surface area contributed by atoms with E-state index in [1.54, 1.807) is 24.4 Å². The lowest BCUT2D eigenvalue weighted by atomic mass is 10.2. The molecule has 0 aliphatic carbocycles. The minimum Gasteiger partial charge on any atom is -0.506 e. The molecule has 1 amide bonds. The third-order valence-electron chi connectivity index (χ3n) is 3.61. The summed E-state index contributed by atoms with van der Waals surface area (Å²) in [7, 11) is 0. The Bertz CT molecular complexity index is 937. The summed E-state index contributed by atoms with van der Waals surface area (Å²) in [4.78, 5) is 15.9. The van der Waals surface area contributed by atoms with Crippen LogP contribution >= 0.6 is 0 Å². The molecule has 0 unspecified atom stereocenters. The zero-order valence-electron chi connectivity index (χ0n) is 14.2. The van der Waals surface area contributed by atoms with Crippen LogP contribution in [0.15, 0.2) is 73.1 Å². The average molecular weight is 346 g/mol. The van der Waals surface area contributed by atoms with E-state index in [9.17, 15) is 9.90 Å². The molecule has 1 aromatic heterocycles. The van der Waals surface area contributed by atoms with Crippen molar-refractivity contribution in [2.24, 2.45) is 0 Å². The van der Waals surface area contributed by atoms with Crippen molar-refractivity contribution >= 4 is 17.7 Å². The number of pyridine rings is 1. The molecule has 0 spiro atoms. The van der Waals surface area contributed by atoms with Gasteiger partial charge in [0, 0.05) is 18.0 Å². The molecular weight excluding hydrogens is 328 g/mol. The number of nitrogens with one attached hydrogen (secondary N) is 1. The van der Waals surface area contributed by atoms with Crippen LogP contribution in [0, 0.1) is 6.92 Å². The zero-order valence-corrected chi connectivity index (χ0v) is 14.2. The number of carbonyl (C=O) groups is 1. The van der Waals surface area contributed by atoms with Crippen LogP contribution in [-0.2, 0) is 4.79 Å². The highest BCUT2D eigenvalue weighted by Gasteiger charge is 2.05. The van der Waals surface area contributed by atoms with Crippen molar-refractivity contribution in [3.8, 4) is 17.2 Å². The summed E-state index contributed by atoms with van der Waals surface area (Å²) in [5.41, 5.74) is 2.23. The molecule has 5 nitrogen and oxygen atoms in total. The molecule has 0 saturated carbocycles.